The zero-order chi connectivity index (χ0) is 12.0. The molecule has 1 saturated carbocycles. The van der Waals surface area contributed by atoms with E-state index in [2.05, 4.69) is 14.9 Å². The minimum atomic E-state index is 0.392. The molecule has 2 fully saturated rings. The molecule has 3 unspecified atom stereocenters. The van der Waals surface area contributed by atoms with Crippen molar-refractivity contribution in [3.63, 3.8) is 0 Å². The van der Waals surface area contributed by atoms with Crippen molar-refractivity contribution in [1.82, 2.24) is 9.97 Å². The van der Waals surface area contributed by atoms with Crippen molar-refractivity contribution >= 4 is 5.82 Å². The lowest BCUT2D eigenvalue weighted by molar-refractivity contribution is 0.453. The van der Waals surface area contributed by atoms with Crippen LogP contribution in [0, 0.1) is 25.7 Å². The fourth-order valence-corrected chi connectivity index (χ4v) is 3.30. The minimum absolute atomic E-state index is 0.392. The van der Waals surface area contributed by atoms with Crippen LogP contribution in [0.25, 0.3) is 0 Å². The molecule has 1 aromatic rings. The van der Waals surface area contributed by atoms with E-state index in [0.717, 1.165) is 36.2 Å². The lowest BCUT2D eigenvalue weighted by Gasteiger charge is -2.21. The van der Waals surface area contributed by atoms with Gasteiger partial charge < -0.3 is 10.6 Å². The van der Waals surface area contributed by atoms with Crippen LogP contribution in [0.3, 0.4) is 0 Å². The first-order chi connectivity index (χ1) is 8.15. The summed E-state index contributed by atoms with van der Waals surface area (Å²) >= 11 is 0. The molecular formula is C13H20N4. The van der Waals surface area contributed by atoms with Crippen molar-refractivity contribution in [1.29, 1.82) is 0 Å². The van der Waals surface area contributed by atoms with E-state index in [4.69, 9.17) is 5.73 Å². The molecule has 3 atom stereocenters. The predicted molar refractivity (Wildman–Crippen MR) is 67.9 cm³/mol. The summed E-state index contributed by atoms with van der Waals surface area (Å²) in [4.78, 5) is 11.4. The van der Waals surface area contributed by atoms with Crippen LogP contribution in [0.4, 0.5) is 5.82 Å². The average molecular weight is 232 g/mol. The Hall–Kier alpha value is -1.16. The first-order valence-corrected chi connectivity index (χ1v) is 6.46. The summed E-state index contributed by atoms with van der Waals surface area (Å²) in [6, 6.07) is 0.392. The fraction of sp³-hybridized carbons (Fsp3) is 0.692. The van der Waals surface area contributed by atoms with Crippen molar-refractivity contribution in [2.45, 2.75) is 32.7 Å². The van der Waals surface area contributed by atoms with Gasteiger partial charge in [0, 0.05) is 25.3 Å². The second kappa shape index (κ2) is 3.95. The summed E-state index contributed by atoms with van der Waals surface area (Å²) in [5.74, 6) is 2.50. The molecule has 0 radical (unpaired) electrons. The first-order valence-electron chi connectivity index (χ1n) is 6.46. The number of rotatable bonds is 1. The van der Waals surface area contributed by atoms with Gasteiger partial charge in [-0.2, -0.15) is 0 Å². The van der Waals surface area contributed by atoms with E-state index in [0.29, 0.717) is 12.0 Å². The summed E-state index contributed by atoms with van der Waals surface area (Å²) in [5.41, 5.74) is 8.19. The van der Waals surface area contributed by atoms with Gasteiger partial charge in [-0.15, -0.1) is 0 Å². The van der Waals surface area contributed by atoms with Gasteiger partial charge in [-0.3, -0.25) is 4.98 Å². The van der Waals surface area contributed by atoms with E-state index in [-0.39, 0.29) is 0 Å². The van der Waals surface area contributed by atoms with Crippen LogP contribution in [0.2, 0.25) is 0 Å². The molecule has 0 spiro atoms. The summed E-state index contributed by atoms with van der Waals surface area (Å²) in [6.07, 6.45) is 4.31. The SMILES string of the molecule is Cc1cnc(C)c(N2CC3CCC(N)C3C2)n1. The Bertz CT molecular complexity index is 431. The third-order valence-corrected chi connectivity index (χ3v) is 4.26. The van der Waals surface area contributed by atoms with Gasteiger partial charge in [0.15, 0.2) is 0 Å². The van der Waals surface area contributed by atoms with Crippen LogP contribution in [-0.4, -0.2) is 29.1 Å². The standard InChI is InChI=1S/C13H20N4/c1-8-5-15-9(2)13(16-8)17-6-10-3-4-12(14)11(10)7-17/h5,10-12H,3-4,6-7,14H2,1-2H3. The lowest BCUT2D eigenvalue weighted by atomic mass is 9.98. The maximum Gasteiger partial charge on any atom is 0.150 e. The van der Waals surface area contributed by atoms with Gasteiger partial charge in [0.1, 0.15) is 5.82 Å². The Kier molecular flexibility index (Phi) is 2.54. The van der Waals surface area contributed by atoms with Crippen LogP contribution in [-0.2, 0) is 0 Å². The summed E-state index contributed by atoms with van der Waals surface area (Å²) in [7, 11) is 0. The van der Waals surface area contributed by atoms with Crippen molar-refractivity contribution in [3.8, 4) is 0 Å². The maximum atomic E-state index is 6.17. The molecule has 0 bridgehead atoms. The van der Waals surface area contributed by atoms with E-state index in [1.165, 1.54) is 12.8 Å². The molecule has 4 nitrogen and oxygen atoms in total. The van der Waals surface area contributed by atoms with Crippen LogP contribution >= 0.6 is 0 Å². The van der Waals surface area contributed by atoms with E-state index < -0.39 is 0 Å². The number of aryl methyl sites for hydroxylation is 2. The minimum Gasteiger partial charge on any atom is -0.354 e. The highest BCUT2D eigenvalue weighted by Gasteiger charge is 2.41. The maximum absolute atomic E-state index is 6.17. The summed E-state index contributed by atoms with van der Waals surface area (Å²) < 4.78 is 0. The van der Waals surface area contributed by atoms with Gasteiger partial charge in [0.2, 0.25) is 0 Å². The van der Waals surface area contributed by atoms with Gasteiger partial charge in [0.05, 0.1) is 11.4 Å². The Morgan fingerprint density at radius 3 is 2.88 bits per heavy atom. The number of aromatic nitrogens is 2. The number of nitrogens with zero attached hydrogens (tertiary/aromatic N) is 3. The molecule has 92 valence electrons. The number of fused-ring (bicyclic) bond motifs is 1. The number of nitrogens with two attached hydrogens (primary N) is 1. The molecule has 4 heteroatoms. The molecule has 0 amide bonds. The van der Waals surface area contributed by atoms with Crippen LogP contribution in [0.1, 0.15) is 24.2 Å². The molecule has 17 heavy (non-hydrogen) atoms. The zero-order valence-corrected chi connectivity index (χ0v) is 10.6. The molecule has 1 aliphatic heterocycles. The van der Waals surface area contributed by atoms with Gasteiger partial charge in [0.25, 0.3) is 0 Å². The number of hydrogen-bond acceptors (Lipinski definition) is 4. The van der Waals surface area contributed by atoms with E-state index >= 15 is 0 Å². The topological polar surface area (TPSA) is 55.0 Å². The third-order valence-electron chi connectivity index (χ3n) is 4.26. The second-order valence-corrected chi connectivity index (χ2v) is 5.49. The smallest absolute Gasteiger partial charge is 0.150 e. The second-order valence-electron chi connectivity index (χ2n) is 5.49. The van der Waals surface area contributed by atoms with Gasteiger partial charge in [-0.1, -0.05) is 0 Å². The molecule has 2 N–H and O–H groups in total. The molecule has 0 aromatic carbocycles. The monoisotopic (exact) mass is 232 g/mol. The summed E-state index contributed by atoms with van der Waals surface area (Å²) in [5, 5.41) is 0. The number of anilines is 1. The van der Waals surface area contributed by atoms with Crippen LogP contribution in [0.15, 0.2) is 6.20 Å². The van der Waals surface area contributed by atoms with E-state index in [9.17, 15) is 0 Å². The van der Waals surface area contributed by atoms with Crippen LogP contribution in [0.5, 0.6) is 0 Å². The molecule has 2 heterocycles. The van der Waals surface area contributed by atoms with Gasteiger partial charge in [-0.05, 0) is 38.5 Å². The summed E-state index contributed by atoms with van der Waals surface area (Å²) in [6.45, 7) is 6.20. The molecule has 2 aliphatic rings. The van der Waals surface area contributed by atoms with Crippen molar-refractivity contribution in [2.24, 2.45) is 17.6 Å². The molecule has 1 aliphatic carbocycles. The van der Waals surface area contributed by atoms with Crippen molar-refractivity contribution < 1.29 is 0 Å². The van der Waals surface area contributed by atoms with Crippen molar-refractivity contribution in [3.05, 3.63) is 17.6 Å². The predicted octanol–water partition coefficient (Wildman–Crippen LogP) is 1.27. The number of hydrogen-bond donors (Lipinski definition) is 1. The van der Waals surface area contributed by atoms with E-state index in [1.807, 2.05) is 20.0 Å². The van der Waals surface area contributed by atoms with Gasteiger partial charge >= 0.3 is 0 Å². The zero-order valence-electron chi connectivity index (χ0n) is 10.6. The van der Waals surface area contributed by atoms with Gasteiger partial charge in [-0.25, -0.2) is 4.98 Å². The van der Waals surface area contributed by atoms with Crippen LogP contribution < -0.4 is 10.6 Å². The Morgan fingerprint density at radius 2 is 2.12 bits per heavy atom. The Labute approximate surface area is 102 Å². The quantitative estimate of drug-likeness (QED) is 0.792. The third kappa shape index (κ3) is 1.80. The highest BCUT2D eigenvalue weighted by molar-refractivity contribution is 5.45. The Morgan fingerprint density at radius 1 is 1.29 bits per heavy atom. The lowest BCUT2D eigenvalue weighted by Crippen LogP contribution is -2.30. The highest BCUT2D eigenvalue weighted by Crippen LogP contribution is 2.38. The largest absolute Gasteiger partial charge is 0.354 e. The van der Waals surface area contributed by atoms with E-state index in [1.54, 1.807) is 0 Å². The first kappa shape index (κ1) is 11.0. The molecule has 1 saturated heterocycles. The average Bonchev–Trinajstić information content (AvgIpc) is 2.85. The molecule has 1 aromatic heterocycles. The Balaban J connectivity index is 1.85. The molecular weight excluding hydrogens is 212 g/mol. The van der Waals surface area contributed by atoms with Crippen molar-refractivity contribution in [2.75, 3.05) is 18.0 Å². The fourth-order valence-electron chi connectivity index (χ4n) is 3.30. The molecule has 3 rings (SSSR count). The highest BCUT2D eigenvalue weighted by atomic mass is 15.2. The normalized spacial score (nSPS) is 31.9.